The van der Waals surface area contributed by atoms with Crippen molar-refractivity contribution in [3.8, 4) is 17.2 Å². The van der Waals surface area contributed by atoms with Gasteiger partial charge in [0.15, 0.2) is 0 Å². The van der Waals surface area contributed by atoms with E-state index in [1.165, 1.54) is 5.69 Å². The van der Waals surface area contributed by atoms with E-state index in [9.17, 15) is 5.11 Å². The van der Waals surface area contributed by atoms with Crippen LogP contribution in [-0.4, -0.2) is 56.4 Å². The number of phenols is 1. The summed E-state index contributed by atoms with van der Waals surface area (Å²) < 4.78 is 11.5. The van der Waals surface area contributed by atoms with Crippen LogP contribution < -0.4 is 14.4 Å². The molecule has 0 saturated carbocycles. The Bertz CT molecular complexity index is 825. The summed E-state index contributed by atoms with van der Waals surface area (Å²) in [5.74, 6) is 2.22. The number of para-hydroxylation sites is 2. The fourth-order valence-corrected chi connectivity index (χ4v) is 3.90. The number of hydrogen-bond acceptors (Lipinski definition) is 5. The molecule has 1 aliphatic heterocycles. The SMILES string of the molecule is COc1ccccc1N1CCN(CCCCOc2cc(C)c(O)c(C)c2C)CC1.Cl.Cl. The minimum atomic E-state index is 0. The number of aromatic hydroxyl groups is 1. The summed E-state index contributed by atoms with van der Waals surface area (Å²) in [5.41, 5.74) is 4.00. The van der Waals surface area contributed by atoms with Crippen molar-refractivity contribution in [1.82, 2.24) is 4.90 Å². The van der Waals surface area contributed by atoms with E-state index in [0.717, 1.165) is 73.8 Å². The maximum Gasteiger partial charge on any atom is 0.142 e. The van der Waals surface area contributed by atoms with Crippen LogP contribution in [0.1, 0.15) is 29.5 Å². The van der Waals surface area contributed by atoms with Gasteiger partial charge in [0.2, 0.25) is 0 Å². The highest BCUT2D eigenvalue weighted by atomic mass is 35.5. The molecule has 3 rings (SSSR count). The van der Waals surface area contributed by atoms with E-state index in [1.807, 2.05) is 39.0 Å². The highest BCUT2D eigenvalue weighted by molar-refractivity contribution is 5.85. The third kappa shape index (κ3) is 6.83. The van der Waals surface area contributed by atoms with Crippen LogP contribution in [0.5, 0.6) is 17.2 Å². The fourth-order valence-electron chi connectivity index (χ4n) is 3.90. The van der Waals surface area contributed by atoms with E-state index in [2.05, 4.69) is 21.9 Å². The van der Waals surface area contributed by atoms with Crippen molar-refractivity contribution in [2.75, 3.05) is 51.3 Å². The van der Waals surface area contributed by atoms with Gasteiger partial charge < -0.3 is 19.5 Å². The predicted molar refractivity (Wildman–Crippen MR) is 133 cm³/mol. The van der Waals surface area contributed by atoms with Crippen molar-refractivity contribution >= 4 is 30.5 Å². The van der Waals surface area contributed by atoms with Gasteiger partial charge in [0.25, 0.3) is 0 Å². The number of anilines is 1. The number of ether oxygens (including phenoxy) is 2. The van der Waals surface area contributed by atoms with Crippen molar-refractivity contribution in [3.63, 3.8) is 0 Å². The molecule has 2 aromatic rings. The molecule has 1 fully saturated rings. The molecule has 0 spiro atoms. The molecule has 0 atom stereocenters. The predicted octanol–water partition coefficient (Wildman–Crippen LogP) is 5.15. The van der Waals surface area contributed by atoms with Crippen LogP contribution in [0.2, 0.25) is 0 Å². The van der Waals surface area contributed by atoms with Gasteiger partial charge in [-0.15, -0.1) is 24.8 Å². The largest absolute Gasteiger partial charge is 0.507 e. The molecule has 2 aromatic carbocycles. The zero-order valence-corrected chi connectivity index (χ0v) is 20.7. The average molecular weight is 471 g/mol. The van der Waals surface area contributed by atoms with Gasteiger partial charge in [-0.05, 0) is 75.0 Å². The number of benzene rings is 2. The summed E-state index contributed by atoms with van der Waals surface area (Å²) >= 11 is 0. The Kier molecular flexibility index (Phi) is 11.3. The van der Waals surface area contributed by atoms with Gasteiger partial charge in [0.05, 0.1) is 19.4 Å². The molecule has 1 heterocycles. The lowest BCUT2D eigenvalue weighted by Gasteiger charge is -2.36. The molecule has 0 aliphatic carbocycles. The van der Waals surface area contributed by atoms with E-state index < -0.39 is 0 Å². The normalized spacial score (nSPS) is 13.9. The summed E-state index contributed by atoms with van der Waals surface area (Å²) in [6.45, 7) is 11.9. The maximum atomic E-state index is 10.0. The molecule has 1 aliphatic rings. The van der Waals surface area contributed by atoms with Gasteiger partial charge in [-0.25, -0.2) is 0 Å². The molecule has 7 heteroatoms. The summed E-state index contributed by atoms with van der Waals surface area (Å²) in [4.78, 5) is 4.95. The number of rotatable bonds is 8. The van der Waals surface area contributed by atoms with Crippen LogP contribution in [0.25, 0.3) is 0 Å². The second kappa shape index (κ2) is 12.9. The van der Waals surface area contributed by atoms with Gasteiger partial charge in [-0.2, -0.15) is 0 Å². The molecule has 0 bridgehead atoms. The minimum Gasteiger partial charge on any atom is -0.507 e. The number of piperazine rings is 1. The van der Waals surface area contributed by atoms with Crippen molar-refractivity contribution in [1.29, 1.82) is 0 Å². The Morgan fingerprint density at radius 1 is 0.903 bits per heavy atom. The highest BCUT2D eigenvalue weighted by Gasteiger charge is 2.19. The summed E-state index contributed by atoms with van der Waals surface area (Å²) in [7, 11) is 1.74. The van der Waals surface area contributed by atoms with Gasteiger partial charge in [-0.1, -0.05) is 12.1 Å². The van der Waals surface area contributed by atoms with Crippen LogP contribution >= 0.6 is 24.8 Å². The van der Waals surface area contributed by atoms with E-state index in [1.54, 1.807) is 7.11 Å². The van der Waals surface area contributed by atoms with Crippen molar-refractivity contribution in [2.24, 2.45) is 0 Å². The Balaban J connectivity index is 0.00000240. The third-order valence-electron chi connectivity index (χ3n) is 5.93. The standard InChI is InChI=1S/C24H34N2O3.2ClH/c1-18-17-23(19(2)20(3)24(18)27)29-16-8-7-11-25-12-14-26(15-13-25)21-9-5-6-10-22(21)28-4;;/h5-6,9-10,17,27H,7-8,11-16H2,1-4H3;2*1H. The van der Waals surface area contributed by atoms with E-state index >= 15 is 0 Å². The summed E-state index contributed by atoms with van der Waals surface area (Å²) in [6.07, 6.45) is 2.16. The molecule has 1 saturated heterocycles. The fraction of sp³-hybridized carbons (Fsp3) is 0.500. The first-order valence-electron chi connectivity index (χ1n) is 10.5. The molecule has 0 aromatic heterocycles. The molecule has 0 amide bonds. The number of hydrogen-bond donors (Lipinski definition) is 1. The smallest absolute Gasteiger partial charge is 0.142 e. The number of aryl methyl sites for hydroxylation is 1. The maximum absolute atomic E-state index is 10.0. The van der Waals surface area contributed by atoms with Crippen LogP contribution in [0, 0.1) is 20.8 Å². The topological polar surface area (TPSA) is 45.2 Å². The van der Waals surface area contributed by atoms with Gasteiger partial charge in [-0.3, -0.25) is 4.90 Å². The Morgan fingerprint density at radius 3 is 2.26 bits per heavy atom. The van der Waals surface area contributed by atoms with Gasteiger partial charge in [0, 0.05) is 26.2 Å². The second-order valence-electron chi connectivity index (χ2n) is 7.85. The van der Waals surface area contributed by atoms with Crippen molar-refractivity contribution in [2.45, 2.75) is 33.6 Å². The third-order valence-corrected chi connectivity index (χ3v) is 5.93. The summed E-state index contributed by atoms with van der Waals surface area (Å²) in [6, 6.07) is 10.2. The molecular weight excluding hydrogens is 435 g/mol. The Morgan fingerprint density at radius 2 is 1.58 bits per heavy atom. The first-order chi connectivity index (χ1) is 14.0. The Hall–Kier alpha value is -1.82. The van der Waals surface area contributed by atoms with Crippen LogP contribution in [0.15, 0.2) is 30.3 Å². The quantitative estimate of drug-likeness (QED) is 0.540. The number of methoxy groups -OCH3 is 1. The highest BCUT2D eigenvalue weighted by Crippen LogP contribution is 2.32. The molecule has 31 heavy (non-hydrogen) atoms. The van der Waals surface area contributed by atoms with Crippen molar-refractivity contribution < 1.29 is 14.6 Å². The number of halogens is 2. The van der Waals surface area contributed by atoms with Crippen LogP contribution in [0.4, 0.5) is 5.69 Å². The van der Waals surface area contributed by atoms with Crippen LogP contribution in [-0.2, 0) is 0 Å². The minimum absolute atomic E-state index is 0. The van der Waals surface area contributed by atoms with Crippen molar-refractivity contribution in [3.05, 3.63) is 47.0 Å². The summed E-state index contributed by atoms with van der Waals surface area (Å²) in [5, 5.41) is 10.0. The number of unbranched alkanes of at least 4 members (excludes halogenated alkanes) is 1. The zero-order chi connectivity index (χ0) is 20.8. The van der Waals surface area contributed by atoms with Crippen LogP contribution in [0.3, 0.4) is 0 Å². The molecule has 0 unspecified atom stereocenters. The lowest BCUT2D eigenvalue weighted by Crippen LogP contribution is -2.46. The second-order valence-corrected chi connectivity index (χ2v) is 7.85. The first-order valence-corrected chi connectivity index (χ1v) is 10.5. The molecule has 174 valence electrons. The van der Waals surface area contributed by atoms with Gasteiger partial charge in [0.1, 0.15) is 17.2 Å². The lowest BCUT2D eigenvalue weighted by atomic mass is 10.0. The van der Waals surface area contributed by atoms with E-state index in [4.69, 9.17) is 9.47 Å². The van der Waals surface area contributed by atoms with E-state index in [0.29, 0.717) is 12.4 Å². The monoisotopic (exact) mass is 470 g/mol. The molecular formula is C24H36Cl2N2O3. The average Bonchev–Trinajstić information content (AvgIpc) is 2.75. The Labute approximate surface area is 199 Å². The van der Waals surface area contributed by atoms with Gasteiger partial charge >= 0.3 is 0 Å². The first kappa shape index (κ1) is 27.2. The number of phenolic OH excluding ortho intramolecular Hbond substituents is 1. The zero-order valence-electron chi connectivity index (χ0n) is 19.0. The molecule has 5 nitrogen and oxygen atoms in total. The molecule has 1 N–H and O–H groups in total. The van der Waals surface area contributed by atoms with E-state index in [-0.39, 0.29) is 24.8 Å². The number of nitrogens with zero attached hydrogens (tertiary/aromatic N) is 2. The molecule has 0 radical (unpaired) electrons. The lowest BCUT2D eigenvalue weighted by molar-refractivity contribution is 0.237.